The van der Waals surface area contributed by atoms with Gasteiger partial charge in [0.2, 0.25) is 5.91 Å². The second-order valence-corrected chi connectivity index (χ2v) is 6.31. The average Bonchev–Trinajstić information content (AvgIpc) is 3.04. The van der Waals surface area contributed by atoms with E-state index in [0.717, 1.165) is 44.2 Å². The standard InChI is InChI=1S/C18H25N3O5/c1-24-15-4-2-14(3-5-15)12-21-16(13-26-18(21)23)17(22)19-6-7-20-8-10-25-11-9-20/h2-5,16H,6-13H2,1H3,(H,19,22)/t16-/m0/s1. The van der Waals surface area contributed by atoms with Crippen molar-refractivity contribution in [1.82, 2.24) is 15.1 Å². The Morgan fingerprint density at radius 1 is 1.27 bits per heavy atom. The van der Waals surface area contributed by atoms with Crippen LogP contribution < -0.4 is 10.1 Å². The van der Waals surface area contributed by atoms with Gasteiger partial charge in [-0.05, 0) is 17.7 Å². The Morgan fingerprint density at radius 2 is 2.00 bits per heavy atom. The summed E-state index contributed by atoms with van der Waals surface area (Å²) in [7, 11) is 1.60. The average molecular weight is 363 g/mol. The number of benzene rings is 1. The van der Waals surface area contributed by atoms with Crippen LogP contribution >= 0.6 is 0 Å². The number of cyclic esters (lactones) is 1. The van der Waals surface area contributed by atoms with Gasteiger partial charge < -0.3 is 19.5 Å². The fourth-order valence-electron chi connectivity index (χ4n) is 3.05. The second-order valence-electron chi connectivity index (χ2n) is 6.31. The van der Waals surface area contributed by atoms with Crippen LogP contribution in [0.4, 0.5) is 4.79 Å². The van der Waals surface area contributed by atoms with Gasteiger partial charge in [0.25, 0.3) is 0 Å². The molecule has 0 saturated carbocycles. The first-order valence-electron chi connectivity index (χ1n) is 8.81. The van der Waals surface area contributed by atoms with E-state index < -0.39 is 12.1 Å². The first kappa shape index (κ1) is 18.5. The molecule has 26 heavy (non-hydrogen) atoms. The molecule has 8 heteroatoms. The van der Waals surface area contributed by atoms with Crippen LogP contribution in [0.15, 0.2) is 24.3 Å². The van der Waals surface area contributed by atoms with Crippen molar-refractivity contribution in [2.24, 2.45) is 0 Å². The largest absolute Gasteiger partial charge is 0.497 e. The number of nitrogens with one attached hydrogen (secondary N) is 1. The number of ether oxygens (including phenoxy) is 3. The van der Waals surface area contributed by atoms with E-state index in [-0.39, 0.29) is 12.5 Å². The van der Waals surface area contributed by atoms with Gasteiger partial charge in [-0.1, -0.05) is 12.1 Å². The van der Waals surface area contributed by atoms with E-state index in [1.807, 2.05) is 24.3 Å². The highest BCUT2D eigenvalue weighted by Crippen LogP contribution is 2.19. The first-order chi connectivity index (χ1) is 12.7. The molecule has 0 spiro atoms. The Bertz CT molecular complexity index is 616. The zero-order valence-corrected chi connectivity index (χ0v) is 15.0. The minimum atomic E-state index is -0.603. The quantitative estimate of drug-likeness (QED) is 0.758. The fraction of sp³-hybridized carbons (Fsp3) is 0.556. The highest BCUT2D eigenvalue weighted by molar-refractivity contribution is 5.87. The Hall–Kier alpha value is -2.32. The van der Waals surface area contributed by atoms with Gasteiger partial charge in [-0.2, -0.15) is 0 Å². The summed E-state index contributed by atoms with van der Waals surface area (Å²) in [5.74, 6) is 0.563. The van der Waals surface area contributed by atoms with Crippen molar-refractivity contribution in [3.8, 4) is 5.75 Å². The summed E-state index contributed by atoms with van der Waals surface area (Å²) in [6.45, 7) is 4.94. The number of hydrogen-bond acceptors (Lipinski definition) is 6. The predicted molar refractivity (Wildman–Crippen MR) is 93.9 cm³/mol. The molecule has 8 nitrogen and oxygen atoms in total. The predicted octanol–water partition coefficient (Wildman–Crippen LogP) is 0.464. The molecule has 0 aliphatic carbocycles. The van der Waals surface area contributed by atoms with Gasteiger partial charge in [-0.15, -0.1) is 0 Å². The molecule has 0 aromatic heterocycles. The van der Waals surface area contributed by atoms with Gasteiger partial charge in [0, 0.05) is 26.2 Å². The summed E-state index contributed by atoms with van der Waals surface area (Å²) in [6.07, 6.45) is -0.464. The summed E-state index contributed by atoms with van der Waals surface area (Å²) in [5.41, 5.74) is 0.913. The molecule has 2 fully saturated rings. The van der Waals surface area contributed by atoms with Crippen molar-refractivity contribution in [2.75, 3.05) is 53.1 Å². The molecule has 2 amide bonds. The van der Waals surface area contributed by atoms with Crippen LogP contribution in [-0.4, -0.2) is 81.0 Å². The maximum atomic E-state index is 12.5. The van der Waals surface area contributed by atoms with Gasteiger partial charge in [0.1, 0.15) is 18.4 Å². The molecule has 3 rings (SSSR count). The molecule has 1 atom stereocenters. The van der Waals surface area contributed by atoms with E-state index in [2.05, 4.69) is 10.2 Å². The van der Waals surface area contributed by atoms with E-state index in [1.165, 1.54) is 4.90 Å². The lowest BCUT2D eigenvalue weighted by molar-refractivity contribution is -0.125. The monoisotopic (exact) mass is 363 g/mol. The Kier molecular flexibility index (Phi) is 6.30. The topological polar surface area (TPSA) is 80.3 Å². The molecule has 2 heterocycles. The molecule has 142 valence electrons. The molecule has 0 bridgehead atoms. The van der Waals surface area contributed by atoms with Crippen molar-refractivity contribution in [1.29, 1.82) is 0 Å². The van der Waals surface area contributed by atoms with Gasteiger partial charge in [-0.25, -0.2) is 4.79 Å². The fourth-order valence-corrected chi connectivity index (χ4v) is 3.05. The molecule has 2 aliphatic heterocycles. The van der Waals surface area contributed by atoms with Gasteiger partial charge in [0.15, 0.2) is 0 Å². The van der Waals surface area contributed by atoms with E-state index in [4.69, 9.17) is 14.2 Å². The summed E-state index contributed by atoms with van der Waals surface area (Å²) in [5, 5.41) is 2.91. The summed E-state index contributed by atoms with van der Waals surface area (Å²) in [6, 6.07) is 6.80. The minimum Gasteiger partial charge on any atom is -0.497 e. The third-order valence-corrected chi connectivity index (χ3v) is 4.62. The maximum absolute atomic E-state index is 12.5. The number of amides is 2. The molecular weight excluding hydrogens is 338 g/mol. The summed E-state index contributed by atoms with van der Waals surface area (Å²) in [4.78, 5) is 28.2. The smallest absolute Gasteiger partial charge is 0.410 e. The molecule has 2 aliphatic rings. The number of rotatable bonds is 7. The lowest BCUT2D eigenvalue weighted by atomic mass is 10.1. The van der Waals surface area contributed by atoms with E-state index in [0.29, 0.717) is 13.1 Å². The highest BCUT2D eigenvalue weighted by Gasteiger charge is 2.37. The van der Waals surface area contributed by atoms with Crippen LogP contribution in [0.1, 0.15) is 5.56 Å². The van der Waals surface area contributed by atoms with Gasteiger partial charge in [-0.3, -0.25) is 14.6 Å². The lowest BCUT2D eigenvalue weighted by Crippen LogP contribution is -2.48. The number of carbonyl (C=O) groups excluding carboxylic acids is 2. The highest BCUT2D eigenvalue weighted by atomic mass is 16.6. The van der Waals surface area contributed by atoms with Gasteiger partial charge in [0.05, 0.1) is 26.9 Å². The normalized spacial score (nSPS) is 20.7. The maximum Gasteiger partial charge on any atom is 0.410 e. The van der Waals surface area contributed by atoms with Crippen molar-refractivity contribution < 1.29 is 23.8 Å². The number of carbonyl (C=O) groups is 2. The zero-order chi connectivity index (χ0) is 18.4. The Balaban J connectivity index is 1.51. The van der Waals surface area contributed by atoms with Crippen LogP contribution in [-0.2, 0) is 20.8 Å². The van der Waals surface area contributed by atoms with E-state index >= 15 is 0 Å². The Morgan fingerprint density at radius 3 is 2.69 bits per heavy atom. The zero-order valence-electron chi connectivity index (χ0n) is 15.0. The molecule has 1 N–H and O–H groups in total. The van der Waals surface area contributed by atoms with Crippen LogP contribution in [0, 0.1) is 0 Å². The van der Waals surface area contributed by atoms with E-state index in [1.54, 1.807) is 7.11 Å². The number of nitrogens with zero attached hydrogens (tertiary/aromatic N) is 2. The molecule has 1 aromatic carbocycles. The minimum absolute atomic E-state index is 0.0817. The molecular formula is C18H25N3O5. The van der Waals surface area contributed by atoms with Crippen molar-refractivity contribution in [2.45, 2.75) is 12.6 Å². The molecule has 0 unspecified atom stereocenters. The van der Waals surface area contributed by atoms with Crippen molar-refractivity contribution in [3.63, 3.8) is 0 Å². The number of hydrogen-bond donors (Lipinski definition) is 1. The summed E-state index contributed by atoms with van der Waals surface area (Å²) >= 11 is 0. The van der Waals surface area contributed by atoms with E-state index in [9.17, 15) is 9.59 Å². The van der Waals surface area contributed by atoms with Crippen molar-refractivity contribution in [3.05, 3.63) is 29.8 Å². The first-order valence-corrected chi connectivity index (χ1v) is 8.81. The van der Waals surface area contributed by atoms with Crippen LogP contribution in [0.3, 0.4) is 0 Å². The SMILES string of the molecule is COc1ccc(CN2C(=O)OC[C@H]2C(=O)NCCN2CCOCC2)cc1. The van der Waals surface area contributed by atoms with Gasteiger partial charge >= 0.3 is 6.09 Å². The van der Waals surface area contributed by atoms with Crippen LogP contribution in [0.5, 0.6) is 5.75 Å². The van der Waals surface area contributed by atoms with Crippen LogP contribution in [0.2, 0.25) is 0 Å². The number of methoxy groups -OCH3 is 1. The number of morpholine rings is 1. The summed E-state index contributed by atoms with van der Waals surface area (Å²) < 4.78 is 15.5. The van der Waals surface area contributed by atoms with Crippen LogP contribution in [0.25, 0.3) is 0 Å². The Labute approximate surface area is 153 Å². The molecule has 0 radical (unpaired) electrons. The lowest BCUT2D eigenvalue weighted by Gasteiger charge is -2.27. The van der Waals surface area contributed by atoms with Crippen molar-refractivity contribution >= 4 is 12.0 Å². The molecule has 1 aromatic rings. The third kappa shape index (κ3) is 4.64. The molecule has 2 saturated heterocycles. The second kappa shape index (κ2) is 8.86. The third-order valence-electron chi connectivity index (χ3n) is 4.62.